The summed E-state index contributed by atoms with van der Waals surface area (Å²) in [6.07, 6.45) is 0. The van der Waals surface area contributed by atoms with Crippen molar-refractivity contribution in [3.05, 3.63) is 30.3 Å². The van der Waals surface area contributed by atoms with E-state index < -0.39 is 6.04 Å². The maximum atomic E-state index is 12.0. The van der Waals surface area contributed by atoms with E-state index in [9.17, 15) is 9.59 Å². The number of anilines is 1. The molecule has 0 aromatic heterocycles. The largest absolute Gasteiger partial charge is 0.296 e. The molecule has 1 atom stereocenters. The van der Waals surface area contributed by atoms with Crippen LogP contribution in [-0.4, -0.2) is 23.8 Å². The molecule has 0 fully saturated rings. The Balaban J connectivity index is 2.34. The van der Waals surface area contributed by atoms with Crippen LogP contribution >= 0.6 is 0 Å². The fourth-order valence-electron chi connectivity index (χ4n) is 1.66. The summed E-state index contributed by atoms with van der Waals surface area (Å²) in [7, 11) is 0. The smallest absolute Gasteiger partial charge is 0.258 e. The lowest BCUT2D eigenvalue weighted by Crippen LogP contribution is -2.43. The summed E-state index contributed by atoms with van der Waals surface area (Å²) in [6, 6.07) is 8.66. The molecule has 1 heterocycles. The van der Waals surface area contributed by atoms with Gasteiger partial charge in [-0.3, -0.25) is 14.9 Å². The number of guanidine groups is 1. The van der Waals surface area contributed by atoms with Crippen LogP contribution in [0.1, 0.15) is 13.8 Å². The number of carbonyl (C=O) groups is 2. The number of amides is 2. The SMILES string of the molecule is CC(=O)NC1=N[C@H](C)C(=O)N1c1ccccc1. The zero-order valence-corrected chi connectivity index (χ0v) is 9.68. The molecule has 1 aliphatic rings. The maximum absolute atomic E-state index is 12.0. The van der Waals surface area contributed by atoms with E-state index >= 15 is 0 Å². The first kappa shape index (κ1) is 11.3. The fraction of sp³-hybridized carbons (Fsp3) is 0.250. The minimum absolute atomic E-state index is 0.139. The van der Waals surface area contributed by atoms with Crippen molar-refractivity contribution in [2.24, 2.45) is 4.99 Å². The predicted octanol–water partition coefficient (Wildman–Crippen LogP) is 0.914. The summed E-state index contributed by atoms with van der Waals surface area (Å²) in [5.41, 5.74) is 0.703. The Labute approximate surface area is 99.1 Å². The second-order valence-electron chi connectivity index (χ2n) is 3.82. The van der Waals surface area contributed by atoms with Crippen LogP contribution in [0, 0.1) is 0 Å². The van der Waals surface area contributed by atoms with Crippen molar-refractivity contribution < 1.29 is 9.59 Å². The molecule has 0 aliphatic carbocycles. The number of carbonyl (C=O) groups excluding carboxylic acids is 2. The Kier molecular flexibility index (Phi) is 2.91. The summed E-state index contributed by atoms with van der Waals surface area (Å²) in [6.45, 7) is 3.09. The minimum atomic E-state index is -0.461. The van der Waals surface area contributed by atoms with Gasteiger partial charge in [-0.25, -0.2) is 9.89 Å². The molecule has 17 heavy (non-hydrogen) atoms. The summed E-state index contributed by atoms with van der Waals surface area (Å²) < 4.78 is 0. The standard InChI is InChI=1S/C12H13N3O2/c1-8-11(17)15(10-6-4-3-5-7-10)12(13-8)14-9(2)16/h3-8H,1-2H3,(H,13,14,16)/t8-/m1/s1. The van der Waals surface area contributed by atoms with Crippen LogP contribution in [0.5, 0.6) is 0 Å². The van der Waals surface area contributed by atoms with Crippen LogP contribution in [0.2, 0.25) is 0 Å². The summed E-state index contributed by atoms with van der Waals surface area (Å²) in [4.78, 5) is 28.6. The fourth-order valence-corrected chi connectivity index (χ4v) is 1.66. The Morgan fingerprint density at radius 1 is 1.35 bits per heavy atom. The lowest BCUT2D eigenvalue weighted by molar-refractivity contribution is -0.117. The molecule has 0 radical (unpaired) electrons. The highest BCUT2D eigenvalue weighted by molar-refractivity contribution is 6.24. The van der Waals surface area contributed by atoms with Crippen molar-refractivity contribution in [1.82, 2.24) is 5.32 Å². The highest BCUT2D eigenvalue weighted by Crippen LogP contribution is 2.20. The average molecular weight is 231 g/mol. The number of hydrogen-bond acceptors (Lipinski definition) is 3. The van der Waals surface area contributed by atoms with Crippen molar-refractivity contribution in [3.8, 4) is 0 Å². The molecule has 5 nitrogen and oxygen atoms in total. The third kappa shape index (κ3) is 2.18. The van der Waals surface area contributed by atoms with E-state index in [1.807, 2.05) is 18.2 Å². The molecule has 1 N–H and O–H groups in total. The quantitative estimate of drug-likeness (QED) is 0.781. The van der Waals surface area contributed by atoms with Crippen LogP contribution in [0.15, 0.2) is 35.3 Å². The van der Waals surface area contributed by atoms with Gasteiger partial charge < -0.3 is 0 Å². The third-order valence-corrected chi connectivity index (χ3v) is 2.41. The summed E-state index contributed by atoms with van der Waals surface area (Å²) >= 11 is 0. The number of benzene rings is 1. The topological polar surface area (TPSA) is 61.8 Å². The molecular weight excluding hydrogens is 218 g/mol. The zero-order valence-electron chi connectivity index (χ0n) is 9.68. The van der Waals surface area contributed by atoms with Crippen molar-refractivity contribution >= 4 is 23.5 Å². The van der Waals surface area contributed by atoms with E-state index in [0.717, 1.165) is 0 Å². The molecule has 0 bridgehead atoms. The first-order valence-electron chi connectivity index (χ1n) is 5.34. The number of rotatable bonds is 1. The number of hydrogen-bond donors (Lipinski definition) is 1. The molecule has 0 spiro atoms. The van der Waals surface area contributed by atoms with Crippen LogP contribution in [-0.2, 0) is 9.59 Å². The molecule has 0 unspecified atom stereocenters. The predicted molar refractivity (Wildman–Crippen MR) is 64.6 cm³/mol. The molecule has 88 valence electrons. The van der Waals surface area contributed by atoms with E-state index in [-0.39, 0.29) is 11.8 Å². The number of para-hydroxylation sites is 1. The summed E-state index contributed by atoms with van der Waals surface area (Å²) in [5, 5.41) is 2.57. The van der Waals surface area contributed by atoms with Gasteiger partial charge in [0.15, 0.2) is 0 Å². The van der Waals surface area contributed by atoms with Gasteiger partial charge in [0.2, 0.25) is 11.9 Å². The molecule has 2 rings (SSSR count). The van der Waals surface area contributed by atoms with E-state index in [2.05, 4.69) is 10.3 Å². The molecular formula is C12H13N3O2. The van der Waals surface area contributed by atoms with Crippen molar-refractivity contribution in [3.63, 3.8) is 0 Å². The molecule has 1 aromatic rings. The van der Waals surface area contributed by atoms with Crippen LogP contribution < -0.4 is 10.2 Å². The van der Waals surface area contributed by atoms with E-state index in [1.165, 1.54) is 11.8 Å². The lowest BCUT2D eigenvalue weighted by atomic mass is 10.2. The maximum Gasteiger partial charge on any atom is 0.258 e. The minimum Gasteiger partial charge on any atom is -0.296 e. The molecule has 0 saturated carbocycles. The van der Waals surface area contributed by atoms with Gasteiger partial charge in [0.25, 0.3) is 5.91 Å². The zero-order chi connectivity index (χ0) is 12.4. The lowest BCUT2D eigenvalue weighted by Gasteiger charge is -2.18. The Hall–Kier alpha value is -2.17. The highest BCUT2D eigenvalue weighted by atomic mass is 16.2. The molecule has 1 aromatic carbocycles. The van der Waals surface area contributed by atoms with Gasteiger partial charge in [0, 0.05) is 6.92 Å². The van der Waals surface area contributed by atoms with Crippen molar-refractivity contribution in [2.45, 2.75) is 19.9 Å². The number of aliphatic imine (C=N–C) groups is 1. The van der Waals surface area contributed by atoms with E-state index in [0.29, 0.717) is 11.6 Å². The normalized spacial score (nSPS) is 19.2. The van der Waals surface area contributed by atoms with Crippen LogP contribution in [0.3, 0.4) is 0 Å². The molecule has 0 saturated heterocycles. The second kappa shape index (κ2) is 4.37. The summed E-state index contributed by atoms with van der Waals surface area (Å²) in [5.74, 6) is -0.0901. The van der Waals surface area contributed by atoms with Crippen LogP contribution in [0.4, 0.5) is 5.69 Å². The van der Waals surface area contributed by atoms with E-state index in [1.54, 1.807) is 19.1 Å². The third-order valence-electron chi connectivity index (χ3n) is 2.41. The van der Waals surface area contributed by atoms with Gasteiger partial charge in [0.05, 0.1) is 5.69 Å². The van der Waals surface area contributed by atoms with Crippen LogP contribution in [0.25, 0.3) is 0 Å². The van der Waals surface area contributed by atoms with Gasteiger partial charge >= 0.3 is 0 Å². The first-order chi connectivity index (χ1) is 8.09. The first-order valence-corrected chi connectivity index (χ1v) is 5.34. The average Bonchev–Trinajstić information content (AvgIpc) is 2.55. The van der Waals surface area contributed by atoms with Gasteiger partial charge in [0.1, 0.15) is 6.04 Å². The van der Waals surface area contributed by atoms with Gasteiger partial charge in [-0.2, -0.15) is 0 Å². The molecule has 2 amide bonds. The number of nitrogens with one attached hydrogen (secondary N) is 1. The van der Waals surface area contributed by atoms with Gasteiger partial charge in [-0.15, -0.1) is 0 Å². The number of nitrogens with zero attached hydrogens (tertiary/aromatic N) is 2. The Bertz CT molecular complexity index is 482. The van der Waals surface area contributed by atoms with Gasteiger partial charge in [-0.1, -0.05) is 18.2 Å². The van der Waals surface area contributed by atoms with Gasteiger partial charge in [-0.05, 0) is 19.1 Å². The highest BCUT2D eigenvalue weighted by Gasteiger charge is 2.33. The van der Waals surface area contributed by atoms with E-state index in [4.69, 9.17) is 0 Å². The van der Waals surface area contributed by atoms with Crippen molar-refractivity contribution in [1.29, 1.82) is 0 Å². The second-order valence-corrected chi connectivity index (χ2v) is 3.82. The Morgan fingerprint density at radius 2 is 2.00 bits per heavy atom. The van der Waals surface area contributed by atoms with Crippen molar-refractivity contribution in [2.75, 3.05) is 4.90 Å². The molecule has 1 aliphatic heterocycles. The monoisotopic (exact) mass is 231 g/mol. The Morgan fingerprint density at radius 3 is 2.59 bits per heavy atom. The molecule has 5 heteroatoms.